The van der Waals surface area contributed by atoms with Crippen LogP contribution in [0.25, 0.3) is 6.08 Å². The molecule has 8 heteroatoms. The molecule has 0 saturated heterocycles. The Labute approximate surface area is 207 Å². The molecule has 1 aliphatic rings. The van der Waals surface area contributed by atoms with E-state index in [1.165, 1.54) is 6.07 Å². The van der Waals surface area contributed by atoms with Gasteiger partial charge in [0.05, 0.1) is 18.8 Å². The van der Waals surface area contributed by atoms with E-state index in [1.807, 2.05) is 13.8 Å². The summed E-state index contributed by atoms with van der Waals surface area (Å²) in [5, 5.41) is 0.431. The number of hydrogen-bond donors (Lipinski definition) is 0. The van der Waals surface area contributed by atoms with Crippen LogP contribution in [-0.4, -0.2) is 31.1 Å². The third-order valence-electron chi connectivity index (χ3n) is 4.87. The molecule has 4 rings (SSSR count). The molecular formula is C27H22ClNO6. The standard InChI is InChI=1S/C27H22ClNO6/c1-3-32-21-11-9-18(10-12-21)25-29-22(27(31)35-25)14-17-8-13-23(24(15-17)33-4-2)34-26(30)19-6-5-7-20(28)16-19/h5-16H,3-4H2,1-2H3/b22-14-. The second-order valence-corrected chi connectivity index (χ2v) is 7.77. The average Bonchev–Trinajstić information content (AvgIpc) is 3.21. The highest BCUT2D eigenvalue weighted by atomic mass is 35.5. The molecule has 0 spiro atoms. The number of aliphatic imine (C=N–C) groups is 1. The van der Waals surface area contributed by atoms with Crippen molar-refractivity contribution in [2.24, 2.45) is 4.99 Å². The minimum Gasteiger partial charge on any atom is -0.494 e. The first-order chi connectivity index (χ1) is 17.0. The predicted molar refractivity (Wildman–Crippen MR) is 132 cm³/mol. The zero-order valence-electron chi connectivity index (χ0n) is 19.1. The molecule has 0 N–H and O–H groups in total. The molecule has 3 aromatic rings. The van der Waals surface area contributed by atoms with Crippen LogP contribution in [0.5, 0.6) is 17.2 Å². The Morgan fingerprint density at radius 2 is 1.74 bits per heavy atom. The molecule has 0 bridgehead atoms. The fourth-order valence-corrected chi connectivity index (χ4v) is 3.48. The molecule has 1 heterocycles. The molecule has 0 amide bonds. The van der Waals surface area contributed by atoms with Gasteiger partial charge in [-0.05, 0) is 80.1 Å². The van der Waals surface area contributed by atoms with Crippen molar-refractivity contribution >= 4 is 35.5 Å². The highest BCUT2D eigenvalue weighted by molar-refractivity contribution is 6.30. The van der Waals surface area contributed by atoms with Crippen molar-refractivity contribution < 1.29 is 28.5 Å². The second kappa shape index (κ2) is 10.9. The highest BCUT2D eigenvalue weighted by Gasteiger charge is 2.24. The Morgan fingerprint density at radius 1 is 0.971 bits per heavy atom. The molecule has 1 aliphatic heterocycles. The summed E-state index contributed by atoms with van der Waals surface area (Å²) in [6.07, 6.45) is 1.58. The van der Waals surface area contributed by atoms with Gasteiger partial charge >= 0.3 is 11.9 Å². The van der Waals surface area contributed by atoms with Crippen molar-refractivity contribution in [1.29, 1.82) is 0 Å². The lowest BCUT2D eigenvalue weighted by Gasteiger charge is -2.11. The van der Waals surface area contributed by atoms with Gasteiger partial charge in [0.1, 0.15) is 5.75 Å². The van der Waals surface area contributed by atoms with Crippen LogP contribution in [0.3, 0.4) is 0 Å². The number of halogens is 1. The lowest BCUT2D eigenvalue weighted by atomic mass is 10.1. The summed E-state index contributed by atoms with van der Waals surface area (Å²) >= 11 is 5.96. The maximum atomic E-state index is 12.5. The number of carbonyl (C=O) groups is 2. The van der Waals surface area contributed by atoms with E-state index in [9.17, 15) is 9.59 Å². The van der Waals surface area contributed by atoms with E-state index in [2.05, 4.69) is 4.99 Å². The Hall–Kier alpha value is -4.10. The van der Waals surface area contributed by atoms with Crippen molar-refractivity contribution in [3.8, 4) is 17.2 Å². The van der Waals surface area contributed by atoms with Gasteiger partial charge in [-0.2, -0.15) is 0 Å². The lowest BCUT2D eigenvalue weighted by molar-refractivity contribution is -0.129. The van der Waals surface area contributed by atoms with E-state index in [1.54, 1.807) is 66.7 Å². The number of ether oxygens (including phenoxy) is 4. The van der Waals surface area contributed by atoms with Gasteiger partial charge in [-0.3, -0.25) is 0 Å². The third kappa shape index (κ3) is 5.88. The Kier molecular flexibility index (Phi) is 7.48. The molecule has 0 aliphatic carbocycles. The maximum Gasteiger partial charge on any atom is 0.363 e. The van der Waals surface area contributed by atoms with Crippen molar-refractivity contribution in [3.63, 3.8) is 0 Å². The van der Waals surface area contributed by atoms with E-state index in [4.69, 9.17) is 30.5 Å². The minimum absolute atomic E-state index is 0.139. The number of cyclic esters (lactones) is 1. The van der Waals surface area contributed by atoms with Crippen LogP contribution in [-0.2, 0) is 9.53 Å². The zero-order chi connectivity index (χ0) is 24.8. The van der Waals surface area contributed by atoms with E-state index < -0.39 is 11.9 Å². The van der Waals surface area contributed by atoms with Crippen molar-refractivity contribution in [1.82, 2.24) is 0 Å². The molecule has 0 atom stereocenters. The minimum atomic E-state index is -0.566. The van der Waals surface area contributed by atoms with Crippen LogP contribution in [0.2, 0.25) is 5.02 Å². The van der Waals surface area contributed by atoms with E-state index in [0.29, 0.717) is 40.7 Å². The molecular weight excluding hydrogens is 470 g/mol. The third-order valence-corrected chi connectivity index (χ3v) is 5.10. The van der Waals surface area contributed by atoms with Crippen LogP contribution in [0.4, 0.5) is 0 Å². The van der Waals surface area contributed by atoms with E-state index >= 15 is 0 Å². The van der Waals surface area contributed by atoms with Crippen molar-refractivity contribution in [2.75, 3.05) is 13.2 Å². The van der Waals surface area contributed by atoms with E-state index in [0.717, 1.165) is 5.75 Å². The number of esters is 2. The summed E-state index contributed by atoms with van der Waals surface area (Å²) in [7, 11) is 0. The summed E-state index contributed by atoms with van der Waals surface area (Å²) in [6.45, 7) is 4.63. The molecule has 178 valence electrons. The highest BCUT2D eigenvalue weighted by Crippen LogP contribution is 2.31. The van der Waals surface area contributed by atoms with Gasteiger partial charge in [0.15, 0.2) is 17.2 Å². The molecule has 3 aromatic carbocycles. The van der Waals surface area contributed by atoms with Crippen LogP contribution in [0.15, 0.2) is 77.4 Å². The van der Waals surface area contributed by atoms with Gasteiger partial charge in [0.2, 0.25) is 5.90 Å². The Morgan fingerprint density at radius 3 is 2.46 bits per heavy atom. The fourth-order valence-electron chi connectivity index (χ4n) is 3.29. The average molecular weight is 492 g/mol. The SMILES string of the molecule is CCOc1ccc(C2=N/C(=C\c3ccc(OC(=O)c4cccc(Cl)c4)c(OCC)c3)C(=O)O2)cc1. The first-order valence-corrected chi connectivity index (χ1v) is 11.3. The fraction of sp³-hybridized carbons (Fsp3) is 0.148. The quantitative estimate of drug-likeness (QED) is 0.228. The Balaban J connectivity index is 1.56. The largest absolute Gasteiger partial charge is 0.494 e. The summed E-state index contributed by atoms with van der Waals surface area (Å²) in [4.78, 5) is 29.3. The second-order valence-electron chi connectivity index (χ2n) is 7.33. The van der Waals surface area contributed by atoms with Crippen LogP contribution in [0, 0.1) is 0 Å². The first-order valence-electron chi connectivity index (χ1n) is 11.0. The lowest BCUT2D eigenvalue weighted by Crippen LogP contribution is -2.09. The summed E-state index contributed by atoms with van der Waals surface area (Å²) in [5.74, 6) is 0.385. The summed E-state index contributed by atoms with van der Waals surface area (Å²) in [6, 6.07) is 18.5. The van der Waals surface area contributed by atoms with Crippen LogP contribution >= 0.6 is 11.6 Å². The van der Waals surface area contributed by atoms with Gasteiger partial charge < -0.3 is 18.9 Å². The number of hydrogen-bond acceptors (Lipinski definition) is 7. The molecule has 0 fully saturated rings. The number of carbonyl (C=O) groups excluding carboxylic acids is 2. The smallest absolute Gasteiger partial charge is 0.363 e. The monoisotopic (exact) mass is 491 g/mol. The normalized spacial score (nSPS) is 13.9. The molecule has 0 unspecified atom stereocenters. The van der Waals surface area contributed by atoms with Gasteiger partial charge in [0, 0.05) is 10.6 Å². The van der Waals surface area contributed by atoms with Crippen molar-refractivity contribution in [3.05, 3.63) is 94.1 Å². The number of benzene rings is 3. The maximum absolute atomic E-state index is 12.5. The summed E-state index contributed by atoms with van der Waals surface area (Å²) in [5.41, 5.74) is 1.74. The van der Waals surface area contributed by atoms with Crippen LogP contribution in [0.1, 0.15) is 35.3 Å². The van der Waals surface area contributed by atoms with Crippen molar-refractivity contribution in [2.45, 2.75) is 13.8 Å². The molecule has 0 saturated carbocycles. The zero-order valence-corrected chi connectivity index (χ0v) is 19.9. The topological polar surface area (TPSA) is 83.4 Å². The van der Waals surface area contributed by atoms with Gasteiger partial charge in [-0.15, -0.1) is 0 Å². The molecule has 35 heavy (non-hydrogen) atoms. The molecule has 0 aromatic heterocycles. The number of nitrogens with zero attached hydrogens (tertiary/aromatic N) is 1. The van der Waals surface area contributed by atoms with Gasteiger partial charge in [0.25, 0.3) is 0 Å². The van der Waals surface area contributed by atoms with Gasteiger partial charge in [-0.25, -0.2) is 14.6 Å². The molecule has 0 radical (unpaired) electrons. The Bertz CT molecular complexity index is 1310. The molecule has 7 nitrogen and oxygen atoms in total. The summed E-state index contributed by atoms with van der Waals surface area (Å²) < 4.78 is 21.9. The van der Waals surface area contributed by atoms with Crippen LogP contribution < -0.4 is 14.2 Å². The predicted octanol–water partition coefficient (Wildman–Crippen LogP) is 5.70. The van der Waals surface area contributed by atoms with Gasteiger partial charge in [-0.1, -0.05) is 23.7 Å². The first kappa shape index (κ1) is 24.0. The number of rotatable bonds is 8. The van der Waals surface area contributed by atoms with E-state index in [-0.39, 0.29) is 17.3 Å².